The molecule has 2 heterocycles. The molecular formula is C25H20N4O2. The molecule has 2 amide bonds. The summed E-state index contributed by atoms with van der Waals surface area (Å²) >= 11 is 0. The highest BCUT2D eigenvalue weighted by molar-refractivity contribution is 6.13. The Balaban J connectivity index is 1.47. The topological polar surface area (TPSA) is 84.0 Å². The normalized spacial score (nSPS) is 13.0. The van der Waals surface area contributed by atoms with Crippen molar-refractivity contribution in [1.82, 2.24) is 15.3 Å². The van der Waals surface area contributed by atoms with Gasteiger partial charge in [-0.2, -0.15) is 0 Å². The molecule has 6 heteroatoms. The highest BCUT2D eigenvalue weighted by Gasteiger charge is 2.24. The Morgan fingerprint density at radius 1 is 0.871 bits per heavy atom. The van der Waals surface area contributed by atoms with Gasteiger partial charge in [-0.3, -0.25) is 14.6 Å². The van der Waals surface area contributed by atoms with E-state index in [9.17, 15) is 9.59 Å². The van der Waals surface area contributed by atoms with Crippen LogP contribution in [-0.2, 0) is 0 Å². The molecule has 0 unspecified atom stereocenters. The van der Waals surface area contributed by atoms with Crippen molar-refractivity contribution in [2.24, 2.45) is 0 Å². The Bertz CT molecular complexity index is 1280. The van der Waals surface area contributed by atoms with E-state index in [0.717, 1.165) is 29.3 Å². The minimum absolute atomic E-state index is 0.118. The van der Waals surface area contributed by atoms with E-state index < -0.39 is 0 Å². The van der Waals surface area contributed by atoms with Gasteiger partial charge in [-0.25, -0.2) is 4.98 Å². The molecular weight excluding hydrogens is 388 g/mol. The number of pyridine rings is 2. The fraction of sp³-hybridized carbons (Fsp3) is 0.120. The summed E-state index contributed by atoms with van der Waals surface area (Å²) in [7, 11) is 0. The average molecular weight is 408 g/mol. The summed E-state index contributed by atoms with van der Waals surface area (Å²) in [6.45, 7) is 0. The smallest absolute Gasteiger partial charge is 0.256 e. The molecule has 1 fully saturated rings. The van der Waals surface area contributed by atoms with Gasteiger partial charge in [-0.15, -0.1) is 0 Å². The van der Waals surface area contributed by atoms with E-state index in [1.165, 1.54) is 0 Å². The molecule has 2 aromatic heterocycles. The molecule has 1 saturated carbocycles. The third-order valence-electron chi connectivity index (χ3n) is 5.23. The molecule has 4 aromatic rings. The maximum atomic E-state index is 13.2. The van der Waals surface area contributed by atoms with Gasteiger partial charge < -0.3 is 10.6 Å². The highest BCUT2D eigenvalue weighted by Crippen LogP contribution is 2.26. The quantitative estimate of drug-likeness (QED) is 0.511. The Hall–Kier alpha value is -4.06. The summed E-state index contributed by atoms with van der Waals surface area (Å²) in [6, 6.07) is 20.3. The predicted octanol–water partition coefficient (Wildman–Crippen LogP) is 4.44. The molecule has 0 saturated heterocycles. The summed E-state index contributed by atoms with van der Waals surface area (Å²) in [5.41, 5.74) is 3.93. The number of aromatic nitrogens is 2. The summed E-state index contributed by atoms with van der Waals surface area (Å²) in [5, 5.41) is 6.67. The summed E-state index contributed by atoms with van der Waals surface area (Å²) < 4.78 is 0. The Morgan fingerprint density at radius 3 is 2.48 bits per heavy atom. The molecule has 6 nitrogen and oxygen atoms in total. The van der Waals surface area contributed by atoms with Crippen LogP contribution in [0.25, 0.3) is 22.2 Å². The number of rotatable bonds is 5. The zero-order valence-electron chi connectivity index (χ0n) is 16.7. The summed E-state index contributed by atoms with van der Waals surface area (Å²) in [5.74, 6) is -0.374. The third kappa shape index (κ3) is 4.14. The second-order valence-corrected chi connectivity index (χ2v) is 7.59. The molecule has 0 aliphatic heterocycles. The fourth-order valence-electron chi connectivity index (χ4n) is 3.47. The lowest BCUT2D eigenvalue weighted by Gasteiger charge is -2.11. The monoisotopic (exact) mass is 408 g/mol. The van der Waals surface area contributed by atoms with E-state index in [2.05, 4.69) is 15.6 Å². The molecule has 152 valence electrons. The minimum Gasteiger partial charge on any atom is -0.349 e. The number of anilines is 1. The predicted molar refractivity (Wildman–Crippen MR) is 120 cm³/mol. The van der Waals surface area contributed by atoms with Crippen molar-refractivity contribution >= 4 is 28.4 Å². The first-order chi connectivity index (χ1) is 15.2. The zero-order chi connectivity index (χ0) is 21.2. The van der Waals surface area contributed by atoms with E-state index in [4.69, 9.17) is 4.98 Å². The van der Waals surface area contributed by atoms with Gasteiger partial charge in [-0.1, -0.05) is 24.3 Å². The SMILES string of the molecule is O=C(NC1CC1)c1cccc(NC(=O)c2cc(-c3ccncc3)nc3ccccc23)c1. The lowest BCUT2D eigenvalue weighted by molar-refractivity contribution is 0.0949. The van der Waals surface area contributed by atoms with Crippen LogP contribution in [0.15, 0.2) is 79.1 Å². The first-order valence-corrected chi connectivity index (χ1v) is 10.2. The number of hydrogen-bond acceptors (Lipinski definition) is 4. The molecule has 0 bridgehead atoms. The Morgan fingerprint density at radius 2 is 1.68 bits per heavy atom. The average Bonchev–Trinajstić information content (AvgIpc) is 3.63. The number of nitrogens with zero attached hydrogens (tertiary/aromatic N) is 2. The molecule has 0 atom stereocenters. The molecule has 5 rings (SSSR count). The van der Waals surface area contributed by atoms with Crippen molar-refractivity contribution in [3.05, 3.63) is 90.3 Å². The van der Waals surface area contributed by atoms with Crippen molar-refractivity contribution in [3.63, 3.8) is 0 Å². The van der Waals surface area contributed by atoms with Crippen LogP contribution in [0.3, 0.4) is 0 Å². The minimum atomic E-state index is -0.256. The van der Waals surface area contributed by atoms with Crippen LogP contribution >= 0.6 is 0 Å². The number of carbonyl (C=O) groups is 2. The lowest BCUT2D eigenvalue weighted by Crippen LogP contribution is -2.25. The molecule has 1 aliphatic rings. The number of carbonyl (C=O) groups excluding carboxylic acids is 2. The van der Waals surface area contributed by atoms with Crippen LogP contribution in [-0.4, -0.2) is 27.8 Å². The van der Waals surface area contributed by atoms with Crippen LogP contribution in [0.4, 0.5) is 5.69 Å². The molecule has 2 N–H and O–H groups in total. The van der Waals surface area contributed by atoms with Crippen LogP contribution in [0.1, 0.15) is 33.6 Å². The molecule has 0 spiro atoms. The molecule has 2 aromatic carbocycles. The number of nitrogens with one attached hydrogen (secondary N) is 2. The number of amides is 2. The van der Waals surface area contributed by atoms with Crippen LogP contribution in [0, 0.1) is 0 Å². The zero-order valence-corrected chi connectivity index (χ0v) is 16.7. The van der Waals surface area contributed by atoms with Crippen molar-refractivity contribution in [2.45, 2.75) is 18.9 Å². The number of benzene rings is 2. The molecule has 31 heavy (non-hydrogen) atoms. The molecule has 0 radical (unpaired) electrons. The Kier molecular flexibility index (Phi) is 4.88. The van der Waals surface area contributed by atoms with Gasteiger partial charge in [0.15, 0.2) is 0 Å². The van der Waals surface area contributed by atoms with E-state index in [1.54, 1.807) is 42.7 Å². The van der Waals surface area contributed by atoms with Crippen LogP contribution in [0.5, 0.6) is 0 Å². The van der Waals surface area contributed by atoms with Gasteiger partial charge in [0.2, 0.25) is 0 Å². The maximum Gasteiger partial charge on any atom is 0.256 e. The van der Waals surface area contributed by atoms with Gasteiger partial charge in [0.25, 0.3) is 11.8 Å². The number of hydrogen-bond donors (Lipinski definition) is 2. The Labute approximate surface area is 179 Å². The van der Waals surface area contributed by atoms with Crippen LogP contribution < -0.4 is 10.6 Å². The first-order valence-electron chi connectivity index (χ1n) is 10.2. The first kappa shape index (κ1) is 18.9. The lowest BCUT2D eigenvalue weighted by atomic mass is 10.0. The summed E-state index contributed by atoms with van der Waals surface area (Å²) in [6.07, 6.45) is 5.45. The highest BCUT2D eigenvalue weighted by atomic mass is 16.2. The number of fused-ring (bicyclic) bond motifs is 1. The summed E-state index contributed by atoms with van der Waals surface area (Å²) in [4.78, 5) is 34.3. The van der Waals surface area contributed by atoms with Gasteiger partial charge in [0.1, 0.15) is 0 Å². The van der Waals surface area contributed by atoms with Crippen molar-refractivity contribution < 1.29 is 9.59 Å². The fourth-order valence-corrected chi connectivity index (χ4v) is 3.47. The van der Waals surface area contributed by atoms with E-state index in [-0.39, 0.29) is 17.9 Å². The second-order valence-electron chi connectivity index (χ2n) is 7.59. The van der Waals surface area contributed by atoms with Crippen molar-refractivity contribution in [3.8, 4) is 11.3 Å². The largest absolute Gasteiger partial charge is 0.349 e. The van der Waals surface area contributed by atoms with Gasteiger partial charge in [-0.05, 0) is 55.3 Å². The van der Waals surface area contributed by atoms with Crippen molar-refractivity contribution in [2.75, 3.05) is 5.32 Å². The van der Waals surface area contributed by atoms with Gasteiger partial charge in [0, 0.05) is 40.6 Å². The van der Waals surface area contributed by atoms with Crippen LogP contribution in [0.2, 0.25) is 0 Å². The van der Waals surface area contributed by atoms with Crippen molar-refractivity contribution in [1.29, 1.82) is 0 Å². The second kappa shape index (κ2) is 7.99. The standard InChI is InChI=1S/C25H20N4O2/c30-24(27-18-8-9-18)17-4-3-5-19(14-17)28-25(31)21-15-23(16-10-12-26-13-11-16)29-22-7-2-1-6-20(21)22/h1-7,10-15,18H,8-9H2,(H,27,30)(H,28,31). The third-order valence-corrected chi connectivity index (χ3v) is 5.23. The van der Waals surface area contributed by atoms with Gasteiger partial charge in [0.05, 0.1) is 16.8 Å². The van der Waals surface area contributed by atoms with E-state index >= 15 is 0 Å². The van der Waals surface area contributed by atoms with E-state index in [0.29, 0.717) is 22.5 Å². The van der Waals surface area contributed by atoms with E-state index in [1.807, 2.05) is 36.4 Å². The molecule has 1 aliphatic carbocycles. The van der Waals surface area contributed by atoms with Gasteiger partial charge >= 0.3 is 0 Å². The maximum absolute atomic E-state index is 13.2. The number of para-hydroxylation sites is 1.